The van der Waals surface area contributed by atoms with E-state index in [2.05, 4.69) is 23.0 Å². The number of pyridine rings is 1. The second-order valence-electron chi connectivity index (χ2n) is 2.51. The van der Waals surface area contributed by atoms with Gasteiger partial charge < -0.3 is 5.43 Å². The van der Waals surface area contributed by atoms with Crippen molar-refractivity contribution in [2.45, 2.75) is 6.42 Å². The van der Waals surface area contributed by atoms with Crippen molar-refractivity contribution in [3.63, 3.8) is 0 Å². The van der Waals surface area contributed by atoms with E-state index in [1.807, 2.05) is 30.4 Å². The van der Waals surface area contributed by atoms with E-state index in [-0.39, 0.29) is 0 Å². The summed E-state index contributed by atoms with van der Waals surface area (Å²) >= 11 is 4.10. The van der Waals surface area contributed by atoms with Crippen molar-refractivity contribution in [2.24, 2.45) is 5.84 Å². The van der Waals surface area contributed by atoms with Crippen molar-refractivity contribution in [3.05, 3.63) is 30.0 Å². The van der Waals surface area contributed by atoms with Crippen LogP contribution >= 0.6 is 12.6 Å². The minimum absolute atomic E-state index is 0.674. The van der Waals surface area contributed by atoms with E-state index in [1.54, 1.807) is 0 Å². The predicted octanol–water partition coefficient (Wildman–Crippen LogP) is 1.70. The van der Waals surface area contributed by atoms with Crippen molar-refractivity contribution in [1.82, 2.24) is 4.98 Å². The van der Waals surface area contributed by atoms with Gasteiger partial charge in [-0.05, 0) is 30.4 Å². The number of allylic oxidation sites excluding steroid dienone is 1. The van der Waals surface area contributed by atoms with E-state index in [9.17, 15) is 0 Å². The highest BCUT2D eigenvalue weighted by atomic mass is 32.1. The molecule has 0 unspecified atom stereocenters. The number of nitrogen functional groups attached to an aromatic ring is 1. The Hall–Kier alpha value is -1.00. The van der Waals surface area contributed by atoms with E-state index in [4.69, 9.17) is 5.84 Å². The van der Waals surface area contributed by atoms with Gasteiger partial charge in [-0.3, -0.25) is 0 Å². The Bertz CT molecular complexity index is 286. The average Bonchev–Trinajstić information content (AvgIpc) is 2.19. The SMILES string of the molecule is NNc1cccc(C=CCCS)n1. The van der Waals surface area contributed by atoms with E-state index in [0.717, 1.165) is 17.9 Å². The first-order valence-corrected chi connectivity index (χ1v) is 4.71. The second-order valence-corrected chi connectivity index (χ2v) is 2.95. The maximum atomic E-state index is 5.22. The summed E-state index contributed by atoms with van der Waals surface area (Å²) in [5.74, 6) is 6.75. The molecule has 0 aliphatic heterocycles. The maximum Gasteiger partial charge on any atom is 0.140 e. The molecule has 0 amide bonds. The zero-order chi connectivity index (χ0) is 9.52. The smallest absolute Gasteiger partial charge is 0.140 e. The van der Waals surface area contributed by atoms with Gasteiger partial charge in [0.1, 0.15) is 5.82 Å². The number of anilines is 1. The highest BCUT2D eigenvalue weighted by molar-refractivity contribution is 7.80. The molecule has 4 heteroatoms. The molecule has 13 heavy (non-hydrogen) atoms. The molecule has 3 nitrogen and oxygen atoms in total. The quantitative estimate of drug-likeness (QED) is 0.389. The third-order valence-electron chi connectivity index (χ3n) is 1.50. The Labute approximate surface area is 83.4 Å². The standard InChI is InChI=1S/C9H13N3S/c10-12-9-6-3-5-8(11-9)4-1-2-7-13/h1,3-6,13H,2,7,10H2,(H,11,12). The van der Waals surface area contributed by atoms with Crippen LogP contribution in [0.2, 0.25) is 0 Å². The lowest BCUT2D eigenvalue weighted by molar-refractivity contribution is 1.20. The average molecular weight is 195 g/mol. The molecule has 1 heterocycles. The fourth-order valence-corrected chi connectivity index (χ4v) is 1.05. The van der Waals surface area contributed by atoms with Crippen LogP contribution in [0.3, 0.4) is 0 Å². The Morgan fingerprint density at radius 1 is 1.54 bits per heavy atom. The first kappa shape index (κ1) is 10.1. The van der Waals surface area contributed by atoms with Crippen LogP contribution in [0.1, 0.15) is 12.1 Å². The number of nitrogens with zero attached hydrogens (tertiary/aromatic N) is 1. The van der Waals surface area contributed by atoms with E-state index in [0.29, 0.717) is 5.82 Å². The highest BCUT2D eigenvalue weighted by Gasteiger charge is 1.90. The van der Waals surface area contributed by atoms with E-state index >= 15 is 0 Å². The zero-order valence-corrected chi connectivity index (χ0v) is 8.17. The fraction of sp³-hybridized carbons (Fsp3) is 0.222. The Kier molecular flexibility index (Phi) is 4.35. The number of hydrazine groups is 1. The van der Waals surface area contributed by atoms with E-state index < -0.39 is 0 Å². The van der Waals surface area contributed by atoms with Gasteiger partial charge in [0, 0.05) is 0 Å². The molecule has 1 rings (SSSR count). The normalized spacial score (nSPS) is 10.6. The van der Waals surface area contributed by atoms with Crippen LogP contribution in [0.5, 0.6) is 0 Å². The van der Waals surface area contributed by atoms with Crippen LogP contribution in [0, 0.1) is 0 Å². The van der Waals surface area contributed by atoms with Gasteiger partial charge >= 0.3 is 0 Å². The molecule has 0 saturated carbocycles. The summed E-state index contributed by atoms with van der Waals surface area (Å²) in [5.41, 5.74) is 3.40. The van der Waals surface area contributed by atoms with Crippen LogP contribution in [0.15, 0.2) is 24.3 Å². The molecule has 0 spiro atoms. The van der Waals surface area contributed by atoms with Crippen LogP contribution < -0.4 is 11.3 Å². The number of aromatic nitrogens is 1. The summed E-state index contributed by atoms with van der Waals surface area (Å²) in [4.78, 5) is 4.22. The number of nitrogens with one attached hydrogen (secondary N) is 1. The van der Waals surface area contributed by atoms with Crippen molar-refractivity contribution in [3.8, 4) is 0 Å². The summed E-state index contributed by atoms with van der Waals surface area (Å²) < 4.78 is 0. The predicted molar refractivity (Wildman–Crippen MR) is 59.6 cm³/mol. The molecular weight excluding hydrogens is 182 g/mol. The van der Waals surface area contributed by atoms with Gasteiger partial charge in [0.05, 0.1) is 5.69 Å². The number of hydrogen-bond acceptors (Lipinski definition) is 4. The van der Waals surface area contributed by atoms with Crippen molar-refractivity contribution >= 4 is 24.5 Å². The lowest BCUT2D eigenvalue weighted by atomic mass is 10.3. The van der Waals surface area contributed by atoms with Crippen molar-refractivity contribution in [1.29, 1.82) is 0 Å². The molecule has 0 radical (unpaired) electrons. The molecule has 0 aliphatic carbocycles. The van der Waals surface area contributed by atoms with Crippen molar-refractivity contribution < 1.29 is 0 Å². The first-order valence-electron chi connectivity index (χ1n) is 4.08. The Balaban J connectivity index is 2.66. The molecule has 0 saturated heterocycles. The monoisotopic (exact) mass is 195 g/mol. The summed E-state index contributed by atoms with van der Waals surface area (Å²) in [6.45, 7) is 0. The molecule has 0 atom stereocenters. The minimum atomic E-state index is 0.674. The summed E-state index contributed by atoms with van der Waals surface area (Å²) in [5, 5.41) is 0. The van der Waals surface area contributed by atoms with Gasteiger partial charge in [-0.2, -0.15) is 12.6 Å². The summed E-state index contributed by atoms with van der Waals surface area (Å²) in [6, 6.07) is 5.65. The van der Waals surface area contributed by atoms with Gasteiger partial charge in [0.2, 0.25) is 0 Å². The highest BCUT2D eigenvalue weighted by Crippen LogP contribution is 2.05. The van der Waals surface area contributed by atoms with Gasteiger partial charge in [0.25, 0.3) is 0 Å². The zero-order valence-electron chi connectivity index (χ0n) is 7.27. The topological polar surface area (TPSA) is 50.9 Å². The molecule has 3 N–H and O–H groups in total. The Morgan fingerprint density at radius 2 is 2.38 bits per heavy atom. The largest absolute Gasteiger partial charge is 0.308 e. The number of hydrogen-bond donors (Lipinski definition) is 3. The van der Waals surface area contributed by atoms with Crippen LogP contribution in [0.4, 0.5) is 5.82 Å². The van der Waals surface area contributed by atoms with Gasteiger partial charge in [-0.1, -0.05) is 12.1 Å². The van der Waals surface area contributed by atoms with Gasteiger partial charge in [-0.15, -0.1) is 0 Å². The fourth-order valence-electron chi connectivity index (χ4n) is 0.903. The number of rotatable bonds is 4. The van der Waals surface area contributed by atoms with Crippen LogP contribution in [-0.4, -0.2) is 10.7 Å². The number of thiol groups is 1. The molecule has 1 aromatic rings. The first-order chi connectivity index (χ1) is 6.36. The van der Waals surface area contributed by atoms with Gasteiger partial charge in [0.15, 0.2) is 0 Å². The molecule has 0 fully saturated rings. The van der Waals surface area contributed by atoms with E-state index in [1.165, 1.54) is 0 Å². The molecule has 0 bridgehead atoms. The summed E-state index contributed by atoms with van der Waals surface area (Å²) in [7, 11) is 0. The second kappa shape index (κ2) is 5.61. The molecule has 70 valence electrons. The molecule has 0 aliphatic rings. The third-order valence-corrected chi connectivity index (χ3v) is 1.76. The Morgan fingerprint density at radius 3 is 3.08 bits per heavy atom. The van der Waals surface area contributed by atoms with Gasteiger partial charge in [-0.25, -0.2) is 10.8 Å². The number of nitrogens with two attached hydrogens (primary N) is 1. The molecular formula is C9H13N3S. The molecule has 0 aromatic carbocycles. The van der Waals surface area contributed by atoms with Crippen LogP contribution in [0.25, 0.3) is 6.08 Å². The lowest BCUT2D eigenvalue weighted by Crippen LogP contribution is -2.08. The lowest BCUT2D eigenvalue weighted by Gasteiger charge is -1.98. The third kappa shape index (κ3) is 3.48. The van der Waals surface area contributed by atoms with Crippen LogP contribution in [-0.2, 0) is 0 Å². The maximum absolute atomic E-state index is 5.22. The van der Waals surface area contributed by atoms with Crippen molar-refractivity contribution in [2.75, 3.05) is 11.2 Å². The summed E-state index contributed by atoms with van der Waals surface area (Å²) in [6.07, 6.45) is 4.94. The minimum Gasteiger partial charge on any atom is -0.308 e. The molecule has 1 aromatic heterocycles.